The number of aromatic nitrogens is 1. The Hall–Kier alpha value is -2.93. The Kier molecular flexibility index (Phi) is 5.00. The van der Waals surface area contributed by atoms with Crippen LogP contribution in [0.15, 0.2) is 36.5 Å². The van der Waals surface area contributed by atoms with E-state index in [-0.39, 0.29) is 18.2 Å². The highest BCUT2D eigenvalue weighted by Gasteiger charge is 2.31. The summed E-state index contributed by atoms with van der Waals surface area (Å²) in [6, 6.07) is 8.99. The molecule has 1 fully saturated rings. The minimum absolute atomic E-state index is 0.0709. The number of carbonyl (C=O) groups is 3. The number of primary amides is 1. The van der Waals surface area contributed by atoms with E-state index in [2.05, 4.69) is 4.98 Å². The van der Waals surface area contributed by atoms with Crippen molar-refractivity contribution >= 4 is 17.6 Å². The molecule has 7 heteroatoms. The molecule has 0 saturated carbocycles. The number of ketones is 1. The van der Waals surface area contributed by atoms with Gasteiger partial charge in [0, 0.05) is 31.4 Å². The zero-order chi connectivity index (χ0) is 19.7. The largest absolute Gasteiger partial charge is 0.368 e. The Bertz CT molecular complexity index is 914. The first kappa shape index (κ1) is 18.4. The van der Waals surface area contributed by atoms with Gasteiger partial charge in [0.05, 0.1) is 12.6 Å². The third-order valence-electron chi connectivity index (χ3n) is 5.65. The number of fused-ring (bicyclic) bond motifs is 1. The molecule has 1 aromatic heterocycles. The molecular formula is C21H24N4O3. The maximum atomic E-state index is 12.8. The number of likely N-dealkylation sites (tertiary alicyclic amines) is 1. The Morgan fingerprint density at radius 2 is 1.82 bits per heavy atom. The van der Waals surface area contributed by atoms with Gasteiger partial charge >= 0.3 is 0 Å². The average molecular weight is 380 g/mol. The summed E-state index contributed by atoms with van der Waals surface area (Å²) >= 11 is 0. The molecule has 4 rings (SSSR count). The number of hydrogen-bond donors (Lipinski definition) is 2. The van der Waals surface area contributed by atoms with Crippen molar-refractivity contribution in [1.29, 1.82) is 0 Å². The van der Waals surface area contributed by atoms with E-state index in [1.54, 1.807) is 17.2 Å². The van der Waals surface area contributed by atoms with Gasteiger partial charge in [-0.25, -0.2) is 0 Å². The van der Waals surface area contributed by atoms with Crippen LogP contribution < -0.4 is 5.73 Å². The molecule has 3 N–H and O–H groups in total. The van der Waals surface area contributed by atoms with Crippen LogP contribution in [-0.2, 0) is 17.8 Å². The molecule has 0 radical (unpaired) electrons. The van der Waals surface area contributed by atoms with Gasteiger partial charge < -0.3 is 15.6 Å². The predicted octanol–water partition coefficient (Wildman–Crippen LogP) is 1.35. The van der Waals surface area contributed by atoms with E-state index >= 15 is 0 Å². The lowest BCUT2D eigenvalue weighted by Gasteiger charge is -2.34. The summed E-state index contributed by atoms with van der Waals surface area (Å²) in [7, 11) is 0. The van der Waals surface area contributed by atoms with Gasteiger partial charge in [0.2, 0.25) is 5.91 Å². The Balaban J connectivity index is 1.48. The summed E-state index contributed by atoms with van der Waals surface area (Å²) in [5.41, 5.74) is 8.67. The van der Waals surface area contributed by atoms with Crippen molar-refractivity contribution in [3.05, 3.63) is 58.9 Å². The normalized spacial score (nSPS) is 19.4. The molecule has 0 bridgehead atoms. The molecule has 0 spiro atoms. The molecule has 0 unspecified atom stereocenters. The van der Waals surface area contributed by atoms with Crippen molar-refractivity contribution in [1.82, 2.24) is 14.8 Å². The first-order valence-corrected chi connectivity index (χ1v) is 9.64. The molecule has 2 aliphatic heterocycles. The molecule has 28 heavy (non-hydrogen) atoms. The minimum Gasteiger partial charge on any atom is -0.368 e. The molecule has 146 valence electrons. The van der Waals surface area contributed by atoms with Crippen LogP contribution in [0.2, 0.25) is 0 Å². The number of benzene rings is 1. The van der Waals surface area contributed by atoms with Gasteiger partial charge in [0.25, 0.3) is 5.91 Å². The molecule has 2 amide bonds. The van der Waals surface area contributed by atoms with Gasteiger partial charge in [-0.05, 0) is 36.5 Å². The van der Waals surface area contributed by atoms with E-state index in [1.165, 1.54) is 0 Å². The smallest absolute Gasteiger partial charge is 0.270 e. The summed E-state index contributed by atoms with van der Waals surface area (Å²) in [5, 5.41) is 0. The summed E-state index contributed by atoms with van der Waals surface area (Å²) in [6.45, 7) is 2.10. The Morgan fingerprint density at radius 1 is 1.11 bits per heavy atom. The van der Waals surface area contributed by atoms with Crippen molar-refractivity contribution in [3.8, 4) is 0 Å². The lowest BCUT2D eigenvalue weighted by Crippen LogP contribution is -2.50. The van der Waals surface area contributed by atoms with Crippen LogP contribution in [0.1, 0.15) is 44.8 Å². The molecule has 3 heterocycles. The summed E-state index contributed by atoms with van der Waals surface area (Å²) < 4.78 is 0. The lowest BCUT2D eigenvalue weighted by molar-refractivity contribution is -0.123. The molecular weight excluding hydrogens is 356 g/mol. The standard InChI is InChI=1S/C21H24N4O3/c22-20(27)18-10-14-5-1-2-6-15(14)12-25(18)13-19(26)16-9-17(23-11-16)21(28)24-7-3-4-8-24/h1-2,5-6,9,11,18,23H,3-4,7-8,10,12-13H2,(H2,22,27)/t18-/m1/s1. The van der Waals surface area contributed by atoms with Gasteiger partial charge in [-0.3, -0.25) is 19.3 Å². The maximum absolute atomic E-state index is 12.8. The average Bonchev–Trinajstić information content (AvgIpc) is 3.39. The van der Waals surface area contributed by atoms with Crippen LogP contribution in [-0.4, -0.2) is 58.1 Å². The number of H-pyrrole nitrogens is 1. The molecule has 2 aromatic rings. The van der Waals surface area contributed by atoms with Gasteiger partial charge in [-0.1, -0.05) is 24.3 Å². The number of aromatic amines is 1. The maximum Gasteiger partial charge on any atom is 0.270 e. The number of carbonyl (C=O) groups excluding carboxylic acids is 3. The fourth-order valence-electron chi connectivity index (χ4n) is 4.07. The van der Waals surface area contributed by atoms with E-state index < -0.39 is 11.9 Å². The highest BCUT2D eigenvalue weighted by molar-refractivity contribution is 6.01. The predicted molar refractivity (Wildman–Crippen MR) is 104 cm³/mol. The van der Waals surface area contributed by atoms with E-state index in [0.717, 1.165) is 37.1 Å². The fourth-order valence-corrected chi connectivity index (χ4v) is 4.07. The quantitative estimate of drug-likeness (QED) is 0.765. The SMILES string of the molecule is NC(=O)[C@H]1Cc2ccccc2CN1CC(=O)c1c[nH]c(C(=O)N2CCCC2)c1. The Labute approximate surface area is 163 Å². The van der Waals surface area contributed by atoms with Crippen LogP contribution in [0.5, 0.6) is 0 Å². The molecule has 1 atom stereocenters. The molecule has 7 nitrogen and oxygen atoms in total. The molecule has 1 saturated heterocycles. The monoisotopic (exact) mass is 380 g/mol. The van der Waals surface area contributed by atoms with Crippen LogP contribution >= 0.6 is 0 Å². The second kappa shape index (κ2) is 7.59. The van der Waals surface area contributed by atoms with Gasteiger partial charge in [0.15, 0.2) is 5.78 Å². The van der Waals surface area contributed by atoms with Crippen LogP contribution in [0.4, 0.5) is 0 Å². The van der Waals surface area contributed by atoms with Crippen molar-refractivity contribution < 1.29 is 14.4 Å². The topological polar surface area (TPSA) is 99.5 Å². The highest BCUT2D eigenvalue weighted by atomic mass is 16.2. The first-order valence-electron chi connectivity index (χ1n) is 9.64. The number of hydrogen-bond acceptors (Lipinski definition) is 4. The second-order valence-corrected chi connectivity index (χ2v) is 7.52. The number of nitrogens with two attached hydrogens (primary N) is 1. The van der Waals surface area contributed by atoms with Gasteiger partial charge in [-0.2, -0.15) is 0 Å². The summed E-state index contributed by atoms with van der Waals surface area (Å²) in [4.78, 5) is 43.8. The van der Waals surface area contributed by atoms with E-state index in [1.807, 2.05) is 29.2 Å². The number of rotatable bonds is 5. The van der Waals surface area contributed by atoms with E-state index in [9.17, 15) is 14.4 Å². The van der Waals surface area contributed by atoms with Crippen molar-refractivity contribution in [3.63, 3.8) is 0 Å². The fraction of sp³-hybridized carbons (Fsp3) is 0.381. The highest BCUT2D eigenvalue weighted by Crippen LogP contribution is 2.23. The molecule has 0 aliphatic carbocycles. The van der Waals surface area contributed by atoms with Crippen LogP contribution in [0.3, 0.4) is 0 Å². The molecule has 2 aliphatic rings. The minimum atomic E-state index is -0.511. The van der Waals surface area contributed by atoms with Crippen LogP contribution in [0.25, 0.3) is 0 Å². The van der Waals surface area contributed by atoms with E-state index in [0.29, 0.717) is 24.2 Å². The van der Waals surface area contributed by atoms with Crippen LogP contribution in [0, 0.1) is 0 Å². The number of nitrogens with zero attached hydrogens (tertiary/aromatic N) is 2. The number of Topliss-reactive ketones (excluding diaryl/α,β-unsaturated/α-hetero) is 1. The van der Waals surface area contributed by atoms with E-state index in [4.69, 9.17) is 5.73 Å². The van der Waals surface area contributed by atoms with Gasteiger partial charge in [0.1, 0.15) is 5.69 Å². The third kappa shape index (κ3) is 3.57. The zero-order valence-corrected chi connectivity index (χ0v) is 15.7. The Morgan fingerprint density at radius 3 is 2.54 bits per heavy atom. The van der Waals surface area contributed by atoms with Crippen molar-refractivity contribution in [2.75, 3.05) is 19.6 Å². The number of nitrogens with one attached hydrogen (secondary N) is 1. The van der Waals surface area contributed by atoms with Crippen molar-refractivity contribution in [2.45, 2.75) is 31.8 Å². The van der Waals surface area contributed by atoms with Gasteiger partial charge in [-0.15, -0.1) is 0 Å². The third-order valence-corrected chi connectivity index (χ3v) is 5.65. The first-order chi connectivity index (χ1) is 13.5. The summed E-state index contributed by atoms with van der Waals surface area (Å²) in [6.07, 6.45) is 4.11. The lowest BCUT2D eigenvalue weighted by atomic mass is 9.93. The molecule has 1 aromatic carbocycles. The zero-order valence-electron chi connectivity index (χ0n) is 15.7. The van der Waals surface area contributed by atoms with Crippen molar-refractivity contribution in [2.24, 2.45) is 5.73 Å². The number of amides is 2. The summed E-state index contributed by atoms with van der Waals surface area (Å²) in [5.74, 6) is -0.637. The second-order valence-electron chi connectivity index (χ2n) is 7.52.